The molecule has 0 radical (unpaired) electrons. The molecule has 0 amide bonds. The summed E-state index contributed by atoms with van der Waals surface area (Å²) in [6.45, 7) is 1.75. The lowest BCUT2D eigenvalue weighted by Gasteiger charge is -2.53. The SMILES string of the molecule is CN(Cc1ccccc1)C1C(O)C(N(C)Cc2ccccc2)C(O)C(N(C)Cc2ccccc2)C1O. The standard InChI is InChI=1S/C30H39N3O3/c1-31(19-22-13-7-4-8-14-22)25-28(34)26(32(2)20-23-15-9-5-10-16-23)30(36)27(29(25)35)33(3)21-24-17-11-6-12-18-24/h4-18,25-30,34-36H,19-21H2,1-3H3. The molecule has 3 N–H and O–H groups in total. The number of benzene rings is 3. The zero-order chi connectivity index (χ0) is 25.7. The molecule has 3 aromatic rings. The highest BCUT2D eigenvalue weighted by atomic mass is 16.3. The largest absolute Gasteiger partial charge is 0.390 e. The topological polar surface area (TPSA) is 70.4 Å². The summed E-state index contributed by atoms with van der Waals surface area (Å²) in [6, 6.07) is 28.5. The van der Waals surface area contributed by atoms with Gasteiger partial charge in [0.05, 0.1) is 36.4 Å². The van der Waals surface area contributed by atoms with E-state index in [1.54, 1.807) is 0 Å². The van der Waals surface area contributed by atoms with Gasteiger partial charge in [-0.3, -0.25) is 14.7 Å². The van der Waals surface area contributed by atoms with Crippen LogP contribution in [0, 0.1) is 0 Å². The quantitative estimate of drug-likeness (QED) is 0.429. The molecule has 6 heteroatoms. The van der Waals surface area contributed by atoms with Crippen molar-refractivity contribution in [3.63, 3.8) is 0 Å². The fraction of sp³-hybridized carbons (Fsp3) is 0.400. The van der Waals surface area contributed by atoms with E-state index >= 15 is 0 Å². The molecule has 0 saturated heterocycles. The second-order valence-corrected chi connectivity index (χ2v) is 10.1. The zero-order valence-electron chi connectivity index (χ0n) is 21.4. The van der Waals surface area contributed by atoms with Crippen LogP contribution in [0.15, 0.2) is 91.0 Å². The van der Waals surface area contributed by atoms with Gasteiger partial charge in [-0.05, 0) is 37.8 Å². The first-order valence-electron chi connectivity index (χ1n) is 12.6. The molecule has 1 aliphatic rings. The molecule has 0 bridgehead atoms. The summed E-state index contributed by atoms with van der Waals surface area (Å²) >= 11 is 0. The molecule has 192 valence electrons. The summed E-state index contributed by atoms with van der Waals surface area (Å²) < 4.78 is 0. The molecular weight excluding hydrogens is 450 g/mol. The van der Waals surface area contributed by atoms with Crippen molar-refractivity contribution in [2.75, 3.05) is 21.1 Å². The van der Waals surface area contributed by atoms with Crippen LogP contribution < -0.4 is 0 Å². The van der Waals surface area contributed by atoms with Gasteiger partial charge < -0.3 is 15.3 Å². The molecule has 6 nitrogen and oxygen atoms in total. The molecule has 0 heterocycles. The Morgan fingerprint density at radius 1 is 0.444 bits per heavy atom. The van der Waals surface area contributed by atoms with Crippen molar-refractivity contribution >= 4 is 0 Å². The van der Waals surface area contributed by atoms with Gasteiger partial charge in [0.2, 0.25) is 0 Å². The molecule has 0 spiro atoms. The molecule has 36 heavy (non-hydrogen) atoms. The summed E-state index contributed by atoms with van der Waals surface area (Å²) in [5.74, 6) is 0. The Labute approximate surface area is 215 Å². The van der Waals surface area contributed by atoms with Gasteiger partial charge in [0.25, 0.3) is 0 Å². The van der Waals surface area contributed by atoms with E-state index < -0.39 is 36.4 Å². The van der Waals surface area contributed by atoms with Crippen LogP contribution in [0.1, 0.15) is 16.7 Å². The van der Waals surface area contributed by atoms with E-state index in [0.29, 0.717) is 19.6 Å². The van der Waals surface area contributed by atoms with Crippen molar-refractivity contribution in [1.29, 1.82) is 0 Å². The van der Waals surface area contributed by atoms with Gasteiger partial charge in [-0.25, -0.2) is 0 Å². The lowest BCUT2D eigenvalue weighted by Crippen LogP contribution is -2.73. The number of hydrogen-bond acceptors (Lipinski definition) is 6. The number of rotatable bonds is 9. The number of nitrogens with zero attached hydrogens (tertiary/aromatic N) is 3. The van der Waals surface area contributed by atoms with Crippen molar-refractivity contribution in [2.24, 2.45) is 0 Å². The summed E-state index contributed by atoms with van der Waals surface area (Å²) in [5.41, 5.74) is 3.32. The second-order valence-electron chi connectivity index (χ2n) is 10.1. The van der Waals surface area contributed by atoms with Crippen molar-refractivity contribution in [3.8, 4) is 0 Å². The maximum Gasteiger partial charge on any atom is 0.0901 e. The predicted octanol–water partition coefficient (Wildman–Crippen LogP) is 2.58. The first kappa shape index (κ1) is 26.5. The van der Waals surface area contributed by atoms with Crippen LogP contribution in [-0.2, 0) is 19.6 Å². The Morgan fingerprint density at radius 2 is 0.667 bits per heavy atom. The lowest BCUT2D eigenvalue weighted by molar-refractivity contribution is -0.172. The van der Waals surface area contributed by atoms with Crippen LogP contribution >= 0.6 is 0 Å². The van der Waals surface area contributed by atoms with E-state index in [1.165, 1.54) is 0 Å². The number of likely N-dealkylation sites (N-methyl/N-ethyl adjacent to an activating group) is 3. The van der Waals surface area contributed by atoms with Crippen molar-refractivity contribution in [1.82, 2.24) is 14.7 Å². The molecule has 0 atom stereocenters. The van der Waals surface area contributed by atoms with Crippen molar-refractivity contribution < 1.29 is 15.3 Å². The van der Waals surface area contributed by atoms with E-state index in [0.717, 1.165) is 16.7 Å². The van der Waals surface area contributed by atoms with E-state index in [-0.39, 0.29) is 0 Å². The normalized spacial score (nSPS) is 26.6. The van der Waals surface area contributed by atoms with Gasteiger partial charge in [-0.1, -0.05) is 91.0 Å². The molecule has 0 unspecified atom stereocenters. The lowest BCUT2D eigenvalue weighted by atomic mass is 9.77. The van der Waals surface area contributed by atoms with Crippen LogP contribution in [0.5, 0.6) is 0 Å². The van der Waals surface area contributed by atoms with Gasteiger partial charge in [-0.2, -0.15) is 0 Å². The zero-order valence-corrected chi connectivity index (χ0v) is 21.4. The van der Waals surface area contributed by atoms with Crippen LogP contribution in [0.25, 0.3) is 0 Å². The highest BCUT2D eigenvalue weighted by molar-refractivity contribution is 5.19. The fourth-order valence-electron chi connectivity index (χ4n) is 5.71. The van der Waals surface area contributed by atoms with Gasteiger partial charge >= 0.3 is 0 Å². The first-order valence-corrected chi connectivity index (χ1v) is 12.6. The van der Waals surface area contributed by atoms with Gasteiger partial charge in [-0.15, -0.1) is 0 Å². The molecule has 1 fully saturated rings. The summed E-state index contributed by atoms with van der Waals surface area (Å²) in [5, 5.41) is 34.9. The minimum absolute atomic E-state index is 0.556. The Morgan fingerprint density at radius 3 is 0.889 bits per heavy atom. The molecule has 4 rings (SSSR count). The molecular formula is C30H39N3O3. The summed E-state index contributed by atoms with van der Waals surface area (Å²) in [6.07, 6.45) is -2.84. The minimum atomic E-state index is -0.946. The van der Waals surface area contributed by atoms with Crippen LogP contribution in [0.4, 0.5) is 0 Å². The Balaban J connectivity index is 1.62. The molecule has 0 aliphatic heterocycles. The monoisotopic (exact) mass is 489 g/mol. The highest BCUT2D eigenvalue weighted by Gasteiger charge is 2.53. The van der Waals surface area contributed by atoms with Gasteiger partial charge in [0, 0.05) is 19.6 Å². The minimum Gasteiger partial charge on any atom is -0.390 e. The molecule has 1 aliphatic carbocycles. The molecule has 3 aromatic carbocycles. The summed E-state index contributed by atoms with van der Waals surface area (Å²) in [7, 11) is 5.80. The van der Waals surface area contributed by atoms with Crippen LogP contribution in [-0.4, -0.2) is 87.6 Å². The molecule has 1 saturated carbocycles. The first-order chi connectivity index (χ1) is 17.4. The van der Waals surface area contributed by atoms with Crippen molar-refractivity contribution in [3.05, 3.63) is 108 Å². The Kier molecular flexibility index (Phi) is 8.90. The average Bonchev–Trinajstić information content (AvgIpc) is 2.85. The van der Waals surface area contributed by atoms with Gasteiger partial charge in [0.1, 0.15) is 0 Å². The van der Waals surface area contributed by atoms with E-state index in [2.05, 4.69) is 0 Å². The smallest absolute Gasteiger partial charge is 0.0901 e. The second kappa shape index (κ2) is 12.1. The van der Waals surface area contributed by atoms with E-state index in [9.17, 15) is 15.3 Å². The average molecular weight is 490 g/mol. The predicted molar refractivity (Wildman–Crippen MR) is 143 cm³/mol. The third kappa shape index (κ3) is 6.03. The van der Waals surface area contributed by atoms with Crippen LogP contribution in [0.3, 0.4) is 0 Å². The summed E-state index contributed by atoms with van der Waals surface area (Å²) in [4.78, 5) is 6.05. The number of aliphatic hydroxyl groups is 3. The van der Waals surface area contributed by atoms with Gasteiger partial charge in [0.15, 0.2) is 0 Å². The van der Waals surface area contributed by atoms with Crippen molar-refractivity contribution in [2.45, 2.75) is 56.1 Å². The Hall–Kier alpha value is -2.58. The van der Waals surface area contributed by atoms with E-state index in [1.807, 2.05) is 127 Å². The number of hydrogen-bond donors (Lipinski definition) is 3. The number of aliphatic hydroxyl groups excluding tert-OH is 3. The third-order valence-electron chi connectivity index (χ3n) is 7.45. The Bertz CT molecular complexity index is 904. The van der Waals surface area contributed by atoms with Crippen LogP contribution in [0.2, 0.25) is 0 Å². The highest BCUT2D eigenvalue weighted by Crippen LogP contribution is 2.32. The maximum atomic E-state index is 11.6. The third-order valence-corrected chi connectivity index (χ3v) is 7.45. The fourth-order valence-corrected chi connectivity index (χ4v) is 5.71. The molecule has 0 aromatic heterocycles. The maximum absolute atomic E-state index is 11.6. The van der Waals surface area contributed by atoms with E-state index in [4.69, 9.17) is 0 Å².